The summed E-state index contributed by atoms with van der Waals surface area (Å²) in [5.74, 6) is 0.521. The second-order valence-corrected chi connectivity index (χ2v) is 3.32. The summed E-state index contributed by atoms with van der Waals surface area (Å²) in [6.07, 6.45) is 2.88. The van der Waals surface area contributed by atoms with Crippen LogP contribution < -0.4 is 5.73 Å². The van der Waals surface area contributed by atoms with E-state index in [-0.39, 0.29) is 11.6 Å². The first-order chi connectivity index (χ1) is 5.08. The summed E-state index contributed by atoms with van der Waals surface area (Å²) in [7, 11) is 0. The highest BCUT2D eigenvalue weighted by molar-refractivity contribution is 5.20. The van der Waals surface area contributed by atoms with Gasteiger partial charge in [0.25, 0.3) is 0 Å². The van der Waals surface area contributed by atoms with Crippen molar-refractivity contribution in [3.8, 4) is 0 Å². The Bertz CT molecular complexity index is 171. The predicted octanol–water partition coefficient (Wildman–Crippen LogP) is 1.30. The first-order valence-corrected chi connectivity index (χ1v) is 3.89. The molecule has 1 fully saturated rings. The normalized spacial score (nSPS) is 22.0. The maximum absolute atomic E-state index is 8.78. The van der Waals surface area contributed by atoms with Crippen LogP contribution in [0.4, 0.5) is 0 Å². The first kappa shape index (κ1) is 8.40. The van der Waals surface area contributed by atoms with E-state index in [9.17, 15) is 0 Å². The Morgan fingerprint density at radius 2 is 2.18 bits per heavy atom. The Labute approximate surface area is 66.8 Å². The molecule has 0 saturated heterocycles. The molecule has 3 nitrogen and oxygen atoms in total. The number of ether oxygens (including phenoxy) is 1. The van der Waals surface area contributed by atoms with E-state index in [2.05, 4.69) is 0 Å². The summed E-state index contributed by atoms with van der Waals surface area (Å²) >= 11 is 0. The fourth-order valence-electron chi connectivity index (χ4n) is 0.911. The predicted molar refractivity (Wildman–Crippen MR) is 43.1 cm³/mol. The third-order valence-electron chi connectivity index (χ3n) is 1.76. The highest BCUT2D eigenvalue weighted by atomic mass is 16.5. The van der Waals surface area contributed by atoms with Crippen molar-refractivity contribution in [2.75, 3.05) is 0 Å². The van der Waals surface area contributed by atoms with Crippen molar-refractivity contribution in [2.45, 2.75) is 38.3 Å². The average Bonchev–Trinajstić information content (AvgIpc) is 2.63. The van der Waals surface area contributed by atoms with Crippen LogP contribution in [0.3, 0.4) is 0 Å². The summed E-state index contributed by atoms with van der Waals surface area (Å²) in [6.45, 7) is 3.82. The molecule has 0 heterocycles. The molecular weight excluding hydrogens is 142 g/mol. The molecule has 0 radical (unpaired) electrons. The van der Waals surface area contributed by atoms with Crippen LogP contribution in [0.15, 0.2) is 12.0 Å². The smallest absolute Gasteiger partial charge is 0.150 e. The van der Waals surface area contributed by atoms with Crippen molar-refractivity contribution in [3.63, 3.8) is 0 Å². The van der Waals surface area contributed by atoms with Crippen LogP contribution in [0.2, 0.25) is 0 Å². The van der Waals surface area contributed by atoms with Crippen molar-refractivity contribution < 1.29 is 9.84 Å². The lowest BCUT2D eigenvalue weighted by molar-refractivity contribution is 0.121. The fourth-order valence-corrected chi connectivity index (χ4v) is 0.911. The molecule has 0 aromatic carbocycles. The van der Waals surface area contributed by atoms with Gasteiger partial charge in [-0.2, -0.15) is 0 Å². The number of aliphatic hydroxyl groups is 1. The highest BCUT2D eigenvalue weighted by Crippen LogP contribution is 2.39. The van der Waals surface area contributed by atoms with Gasteiger partial charge in [-0.3, -0.25) is 0 Å². The van der Waals surface area contributed by atoms with Gasteiger partial charge in [0.2, 0.25) is 0 Å². The second-order valence-electron chi connectivity index (χ2n) is 3.32. The van der Waals surface area contributed by atoms with E-state index in [1.54, 1.807) is 0 Å². The third-order valence-corrected chi connectivity index (χ3v) is 1.76. The van der Waals surface area contributed by atoms with Gasteiger partial charge >= 0.3 is 0 Å². The van der Waals surface area contributed by atoms with Gasteiger partial charge in [0.1, 0.15) is 6.26 Å². The van der Waals surface area contributed by atoms with Crippen LogP contribution in [0, 0.1) is 0 Å². The van der Waals surface area contributed by atoms with E-state index in [0.717, 1.165) is 19.1 Å². The minimum absolute atomic E-state index is 0.0782. The van der Waals surface area contributed by atoms with Gasteiger partial charge in [0.05, 0.1) is 11.6 Å². The fraction of sp³-hybridized carbons (Fsp3) is 0.750. The van der Waals surface area contributed by atoms with Gasteiger partial charge in [-0.25, -0.2) is 0 Å². The average molecular weight is 157 g/mol. The van der Waals surface area contributed by atoms with Crippen LogP contribution in [-0.4, -0.2) is 16.7 Å². The van der Waals surface area contributed by atoms with E-state index in [0.29, 0.717) is 5.76 Å². The van der Waals surface area contributed by atoms with Gasteiger partial charge in [0.15, 0.2) is 5.76 Å². The van der Waals surface area contributed by atoms with Crippen molar-refractivity contribution in [1.82, 2.24) is 0 Å². The van der Waals surface area contributed by atoms with Gasteiger partial charge in [0, 0.05) is 0 Å². The minimum atomic E-state index is -0.362. The molecule has 11 heavy (non-hydrogen) atoms. The molecule has 64 valence electrons. The Balaban J connectivity index is 2.51. The van der Waals surface area contributed by atoms with Gasteiger partial charge in [-0.1, -0.05) is 0 Å². The van der Waals surface area contributed by atoms with Crippen LogP contribution in [-0.2, 0) is 4.74 Å². The van der Waals surface area contributed by atoms with E-state index >= 15 is 0 Å². The molecule has 1 rings (SSSR count). The van der Waals surface area contributed by atoms with E-state index in [1.165, 1.54) is 0 Å². The summed E-state index contributed by atoms with van der Waals surface area (Å²) in [4.78, 5) is 0. The zero-order chi connectivity index (χ0) is 8.48. The number of rotatable bonds is 3. The maximum atomic E-state index is 8.78. The molecule has 0 aliphatic heterocycles. The zero-order valence-corrected chi connectivity index (χ0v) is 7.00. The Hall–Kier alpha value is -0.700. The standard InChI is InChI=1S/C8H15NO2/c1-6(2)11-7(5-10)8(9)3-4-8/h5-6,10H,3-4,9H2,1-2H3/b7-5+. The lowest BCUT2D eigenvalue weighted by atomic mass is 10.2. The van der Waals surface area contributed by atoms with Crippen molar-refractivity contribution in [1.29, 1.82) is 0 Å². The maximum Gasteiger partial charge on any atom is 0.150 e. The lowest BCUT2D eigenvalue weighted by Crippen LogP contribution is -2.27. The molecule has 1 aliphatic carbocycles. The van der Waals surface area contributed by atoms with Crippen LogP contribution >= 0.6 is 0 Å². The Morgan fingerprint density at radius 3 is 2.45 bits per heavy atom. The molecule has 0 amide bonds. The second kappa shape index (κ2) is 2.74. The summed E-state index contributed by atoms with van der Waals surface area (Å²) < 4.78 is 5.31. The van der Waals surface area contributed by atoms with Crippen molar-refractivity contribution in [3.05, 3.63) is 12.0 Å². The molecule has 0 unspecified atom stereocenters. The molecule has 3 N–H and O–H groups in total. The molecule has 0 aromatic heterocycles. The highest BCUT2D eigenvalue weighted by Gasteiger charge is 2.44. The number of hydrogen-bond acceptors (Lipinski definition) is 3. The van der Waals surface area contributed by atoms with E-state index in [1.807, 2.05) is 13.8 Å². The number of nitrogens with two attached hydrogens (primary N) is 1. The third kappa shape index (κ3) is 1.87. The van der Waals surface area contributed by atoms with Crippen molar-refractivity contribution in [2.24, 2.45) is 5.73 Å². The molecule has 0 atom stereocenters. The first-order valence-electron chi connectivity index (χ1n) is 3.89. The topological polar surface area (TPSA) is 55.5 Å². The van der Waals surface area contributed by atoms with Gasteiger partial charge in [-0.15, -0.1) is 0 Å². The quantitative estimate of drug-likeness (QED) is 0.607. The Morgan fingerprint density at radius 1 is 1.64 bits per heavy atom. The van der Waals surface area contributed by atoms with Gasteiger partial charge < -0.3 is 15.6 Å². The number of aliphatic hydroxyl groups excluding tert-OH is 1. The SMILES string of the molecule is CC(C)O/C(=C/O)C1(N)CC1. The largest absolute Gasteiger partial charge is 0.512 e. The van der Waals surface area contributed by atoms with Crippen LogP contribution in [0.25, 0.3) is 0 Å². The van der Waals surface area contributed by atoms with Crippen LogP contribution in [0.5, 0.6) is 0 Å². The molecule has 0 bridgehead atoms. The summed E-state index contributed by atoms with van der Waals surface area (Å²) in [6, 6.07) is 0. The molecule has 1 saturated carbocycles. The van der Waals surface area contributed by atoms with Crippen molar-refractivity contribution >= 4 is 0 Å². The summed E-state index contributed by atoms with van der Waals surface area (Å²) in [5, 5.41) is 8.78. The summed E-state index contributed by atoms with van der Waals surface area (Å²) in [5.41, 5.74) is 5.43. The monoisotopic (exact) mass is 157 g/mol. The molecular formula is C8H15NO2. The van der Waals surface area contributed by atoms with Gasteiger partial charge in [-0.05, 0) is 26.7 Å². The molecule has 3 heteroatoms. The van der Waals surface area contributed by atoms with E-state index < -0.39 is 0 Å². The zero-order valence-electron chi connectivity index (χ0n) is 7.00. The molecule has 0 aromatic rings. The van der Waals surface area contributed by atoms with E-state index in [4.69, 9.17) is 15.6 Å². The minimum Gasteiger partial charge on any atom is -0.512 e. The Kier molecular flexibility index (Phi) is 2.09. The molecule has 1 aliphatic rings. The molecule has 0 spiro atoms. The van der Waals surface area contributed by atoms with Crippen LogP contribution in [0.1, 0.15) is 26.7 Å². The lowest BCUT2D eigenvalue weighted by Gasteiger charge is -2.17. The number of hydrogen-bond donors (Lipinski definition) is 2.